The minimum absolute atomic E-state index is 0.000417. The van der Waals surface area contributed by atoms with Gasteiger partial charge >= 0.3 is 6.18 Å². The van der Waals surface area contributed by atoms with E-state index in [0.29, 0.717) is 61.3 Å². The van der Waals surface area contributed by atoms with E-state index >= 15 is 0 Å². The number of nitrogens with zero attached hydrogens (tertiary/aromatic N) is 7. The maximum absolute atomic E-state index is 14.5. The first kappa shape index (κ1) is 30.5. The topological polar surface area (TPSA) is 148 Å². The molecule has 2 aromatic heterocycles. The number of alkyl halides is 3. The maximum atomic E-state index is 14.5. The van der Waals surface area contributed by atoms with E-state index in [0.717, 1.165) is 0 Å². The highest BCUT2D eigenvalue weighted by atomic mass is 32.2. The minimum atomic E-state index is -4.58. The summed E-state index contributed by atoms with van der Waals surface area (Å²) in [4.78, 5) is 13.0. The van der Waals surface area contributed by atoms with E-state index in [2.05, 4.69) is 20.0 Å². The Bertz CT molecular complexity index is 1580. The first-order valence-electron chi connectivity index (χ1n) is 14.4. The Hall–Kier alpha value is -3.54. The van der Waals surface area contributed by atoms with Crippen LogP contribution in [0.3, 0.4) is 0 Å². The third-order valence-electron chi connectivity index (χ3n) is 8.23. The summed E-state index contributed by atoms with van der Waals surface area (Å²) in [6, 6.07) is 6.29. The zero-order valence-electron chi connectivity index (χ0n) is 23.8. The molecule has 3 aromatic rings. The van der Waals surface area contributed by atoms with Crippen LogP contribution in [0.1, 0.15) is 25.7 Å². The Morgan fingerprint density at radius 2 is 1.91 bits per heavy atom. The zero-order valence-corrected chi connectivity index (χ0v) is 24.6. The standard InChI is InChI=1S/C27H33F3N8O5S/c28-27(29,30)26-6-9-36(10-7-26)24-16-19(34-44(40,41)15-12-39)3-4-23(24)38-17-22(33-35-38)21-5-8-31-25(32-21)37-11-14-42-18-20(37)2-1-13-43-26/h3-5,8,16-17,20,34,39H,1-2,6-7,9-15,18H2. The number of sulfonamides is 1. The second-order valence-electron chi connectivity index (χ2n) is 11.0. The molecular weight excluding hydrogens is 605 g/mol. The fraction of sp³-hybridized carbons (Fsp3) is 0.556. The number of ether oxygens (including phenoxy) is 2. The van der Waals surface area contributed by atoms with Crippen molar-refractivity contribution in [3.8, 4) is 17.1 Å². The molecule has 0 saturated carbocycles. The van der Waals surface area contributed by atoms with E-state index in [4.69, 9.17) is 19.6 Å². The Balaban J connectivity index is 1.42. The molecule has 2 N–H and O–H groups in total. The molecule has 6 heterocycles. The van der Waals surface area contributed by atoms with Crippen molar-refractivity contribution in [2.24, 2.45) is 0 Å². The summed E-state index contributed by atoms with van der Waals surface area (Å²) < 4.78 is 83.6. The number of halogens is 3. The molecular formula is C27H33F3N8O5S. The van der Waals surface area contributed by atoms with E-state index in [-0.39, 0.29) is 44.3 Å². The first-order valence-corrected chi connectivity index (χ1v) is 16.0. The van der Waals surface area contributed by atoms with Crippen LogP contribution in [0.4, 0.5) is 30.5 Å². The van der Waals surface area contributed by atoms with Crippen molar-refractivity contribution in [3.63, 3.8) is 0 Å². The number of aliphatic hydroxyl groups is 1. The lowest BCUT2D eigenvalue weighted by atomic mass is 9.89. The molecule has 0 amide bonds. The van der Waals surface area contributed by atoms with Gasteiger partial charge in [0.15, 0.2) is 5.60 Å². The van der Waals surface area contributed by atoms with E-state index in [9.17, 15) is 21.6 Å². The van der Waals surface area contributed by atoms with E-state index in [1.165, 1.54) is 10.7 Å². The molecule has 13 nitrogen and oxygen atoms in total. The van der Waals surface area contributed by atoms with Gasteiger partial charge in [0, 0.05) is 45.3 Å². The molecule has 0 spiro atoms. The molecule has 7 rings (SSSR count). The highest BCUT2D eigenvalue weighted by Gasteiger charge is 2.57. The fourth-order valence-electron chi connectivity index (χ4n) is 5.88. The average molecular weight is 639 g/mol. The molecule has 17 heteroatoms. The van der Waals surface area contributed by atoms with Gasteiger partial charge in [-0.05, 0) is 37.1 Å². The molecule has 44 heavy (non-hydrogen) atoms. The van der Waals surface area contributed by atoms with E-state index < -0.39 is 34.2 Å². The van der Waals surface area contributed by atoms with Crippen LogP contribution < -0.4 is 14.5 Å². The highest BCUT2D eigenvalue weighted by molar-refractivity contribution is 7.92. The molecule has 1 unspecified atom stereocenters. The number of benzene rings is 1. The lowest BCUT2D eigenvalue weighted by Crippen LogP contribution is -2.55. The summed E-state index contributed by atoms with van der Waals surface area (Å²) in [6.45, 7) is 0.765. The second-order valence-corrected chi connectivity index (χ2v) is 12.9. The van der Waals surface area contributed by atoms with Crippen molar-refractivity contribution < 1.29 is 36.2 Å². The van der Waals surface area contributed by atoms with E-state index in [1.54, 1.807) is 35.5 Å². The van der Waals surface area contributed by atoms with Gasteiger partial charge in [0.25, 0.3) is 0 Å². The number of anilines is 3. The molecule has 6 bridgehead atoms. The molecule has 1 atom stereocenters. The predicted octanol–water partition coefficient (Wildman–Crippen LogP) is 2.38. The van der Waals surface area contributed by atoms with Crippen molar-refractivity contribution in [3.05, 3.63) is 36.7 Å². The summed E-state index contributed by atoms with van der Waals surface area (Å²) in [6.07, 6.45) is -0.993. The van der Waals surface area contributed by atoms with Gasteiger partial charge in [0.05, 0.1) is 60.6 Å². The van der Waals surface area contributed by atoms with Gasteiger partial charge in [0.1, 0.15) is 5.69 Å². The number of aromatic nitrogens is 5. The number of aliphatic hydroxyl groups excluding tert-OH is 1. The summed E-state index contributed by atoms with van der Waals surface area (Å²) in [5.74, 6) is -0.0397. The number of hydrogen-bond acceptors (Lipinski definition) is 11. The normalized spacial score (nSPS) is 23.0. The third kappa shape index (κ3) is 6.18. The average Bonchev–Trinajstić information content (AvgIpc) is 3.49. The van der Waals surface area contributed by atoms with Crippen molar-refractivity contribution in [2.45, 2.75) is 43.5 Å². The molecule has 4 aliphatic rings. The summed E-state index contributed by atoms with van der Waals surface area (Å²) in [5, 5.41) is 17.7. The SMILES string of the molecule is O=S(=O)(CCO)Nc1ccc2c(c1)N1CCC(C(F)(F)F)(CC1)OCCCC1COCCN1c1nccc(n1)-c1cn-2nn1. The molecule has 4 aliphatic heterocycles. The molecule has 2 fully saturated rings. The van der Waals surface area contributed by atoms with Gasteiger partial charge in [0.2, 0.25) is 16.0 Å². The van der Waals surface area contributed by atoms with Crippen LogP contribution in [0.15, 0.2) is 36.7 Å². The summed E-state index contributed by atoms with van der Waals surface area (Å²) >= 11 is 0. The van der Waals surface area contributed by atoms with Crippen LogP contribution in [0, 0.1) is 0 Å². The third-order valence-corrected chi connectivity index (χ3v) is 9.49. The quantitative estimate of drug-likeness (QED) is 0.434. The lowest BCUT2D eigenvalue weighted by Gasteiger charge is -2.44. The molecule has 238 valence electrons. The Labute approximate surface area is 252 Å². The number of nitrogens with one attached hydrogen (secondary N) is 1. The number of morpholine rings is 1. The van der Waals surface area contributed by atoms with Gasteiger partial charge in [-0.25, -0.2) is 23.1 Å². The van der Waals surface area contributed by atoms with Gasteiger partial charge in [-0.2, -0.15) is 13.2 Å². The van der Waals surface area contributed by atoms with Gasteiger partial charge < -0.3 is 24.4 Å². The smallest absolute Gasteiger partial charge is 0.395 e. The monoisotopic (exact) mass is 638 g/mol. The van der Waals surface area contributed by atoms with Crippen LogP contribution in [0.5, 0.6) is 0 Å². The summed E-state index contributed by atoms with van der Waals surface area (Å²) in [5.41, 5.74) is -0.167. The van der Waals surface area contributed by atoms with Gasteiger partial charge in [-0.15, -0.1) is 5.10 Å². The van der Waals surface area contributed by atoms with Crippen LogP contribution in [-0.4, -0.2) is 108 Å². The van der Waals surface area contributed by atoms with Crippen molar-refractivity contribution >= 4 is 27.3 Å². The second kappa shape index (κ2) is 12.1. The predicted molar refractivity (Wildman–Crippen MR) is 154 cm³/mol. The summed E-state index contributed by atoms with van der Waals surface area (Å²) in [7, 11) is -3.85. The van der Waals surface area contributed by atoms with Crippen LogP contribution >= 0.6 is 0 Å². The Morgan fingerprint density at radius 3 is 2.68 bits per heavy atom. The highest BCUT2D eigenvalue weighted by Crippen LogP contribution is 2.43. The number of hydrogen-bond donors (Lipinski definition) is 2. The van der Waals surface area contributed by atoms with Crippen molar-refractivity contribution in [1.29, 1.82) is 0 Å². The molecule has 0 radical (unpaired) electrons. The number of rotatable bonds is 4. The van der Waals surface area contributed by atoms with Crippen molar-refractivity contribution in [1.82, 2.24) is 25.0 Å². The van der Waals surface area contributed by atoms with Gasteiger partial charge in [-0.1, -0.05) is 5.21 Å². The fourth-order valence-corrected chi connectivity index (χ4v) is 6.70. The Morgan fingerprint density at radius 1 is 1.09 bits per heavy atom. The first-order chi connectivity index (χ1) is 21.1. The molecule has 1 aromatic carbocycles. The van der Waals surface area contributed by atoms with Crippen molar-refractivity contribution in [2.75, 3.05) is 66.3 Å². The minimum Gasteiger partial charge on any atom is -0.395 e. The largest absolute Gasteiger partial charge is 0.417 e. The maximum Gasteiger partial charge on any atom is 0.417 e. The Kier molecular flexibility index (Phi) is 8.38. The molecule has 2 saturated heterocycles. The van der Waals surface area contributed by atoms with E-state index in [1.807, 2.05) is 4.90 Å². The molecule has 0 aliphatic carbocycles. The number of fused-ring (bicyclic) bond motifs is 5. The van der Waals surface area contributed by atoms with Crippen LogP contribution in [0.25, 0.3) is 17.1 Å². The van der Waals surface area contributed by atoms with Crippen LogP contribution in [0.2, 0.25) is 0 Å². The number of piperidine rings is 1. The lowest BCUT2D eigenvalue weighted by molar-refractivity contribution is -0.284. The zero-order chi connectivity index (χ0) is 31.0. The van der Waals surface area contributed by atoms with Crippen LogP contribution in [-0.2, 0) is 19.5 Å². The van der Waals surface area contributed by atoms with Gasteiger partial charge in [-0.3, -0.25) is 4.72 Å².